The summed E-state index contributed by atoms with van der Waals surface area (Å²) >= 11 is 0. The van der Waals surface area contributed by atoms with Crippen molar-refractivity contribution in [3.63, 3.8) is 0 Å². The highest BCUT2D eigenvalue weighted by atomic mass is 16.7. The van der Waals surface area contributed by atoms with E-state index in [4.69, 9.17) is 49.6 Å². The van der Waals surface area contributed by atoms with Crippen LogP contribution in [0.4, 0.5) is 11.9 Å². The van der Waals surface area contributed by atoms with E-state index in [0.29, 0.717) is 46.7 Å². The number of ether oxygens (including phenoxy) is 7. The first-order valence-electron chi connectivity index (χ1n) is 25.6. The fraction of sp³-hybridized carbons (Fsp3) is 0.490. The predicted octanol–water partition coefficient (Wildman–Crippen LogP) is -0.533. The zero-order valence-electron chi connectivity index (χ0n) is 44.7. The van der Waals surface area contributed by atoms with Gasteiger partial charge in [-0.1, -0.05) is 12.2 Å². The van der Waals surface area contributed by atoms with Crippen molar-refractivity contribution in [2.24, 2.45) is 11.5 Å². The zero-order chi connectivity index (χ0) is 57.7. The van der Waals surface area contributed by atoms with Crippen LogP contribution in [0, 0.1) is 13.8 Å². The number of nitrogens with two attached hydrogens (primary N) is 2. The van der Waals surface area contributed by atoms with Crippen LogP contribution in [0.15, 0.2) is 48.6 Å². The van der Waals surface area contributed by atoms with Crippen LogP contribution in [0.25, 0.3) is 22.1 Å². The molecule has 80 heavy (non-hydrogen) atoms. The molecule has 0 bridgehead atoms. The Balaban J connectivity index is 1.07. The van der Waals surface area contributed by atoms with Gasteiger partial charge >= 0.3 is 0 Å². The van der Waals surface area contributed by atoms with Gasteiger partial charge in [-0.15, -0.1) is 0 Å². The fourth-order valence-electron chi connectivity index (χ4n) is 9.56. The Morgan fingerprint density at radius 3 is 1.66 bits per heavy atom. The molecule has 0 spiro atoms. The molecule has 4 amide bonds. The highest BCUT2D eigenvalue weighted by Gasteiger charge is 2.51. The molecule has 2 aromatic carbocycles. The molecule has 12 N–H and O–H groups in total. The van der Waals surface area contributed by atoms with Gasteiger partial charge in [-0.05, 0) is 64.1 Å². The minimum Gasteiger partial charge on any atom is -0.494 e. The summed E-state index contributed by atoms with van der Waals surface area (Å²) in [7, 11) is 2.71. The second-order valence-electron chi connectivity index (χ2n) is 18.8. The maximum absolute atomic E-state index is 14.0. The first-order valence-corrected chi connectivity index (χ1v) is 25.6. The largest absolute Gasteiger partial charge is 0.494 e. The molecular weight excluding hydrogens is 1050 g/mol. The summed E-state index contributed by atoms with van der Waals surface area (Å²) in [6, 6.07) is 9.11. The Bertz CT molecular complexity index is 3240. The van der Waals surface area contributed by atoms with Gasteiger partial charge in [-0.2, -0.15) is 10.2 Å². The topological polar surface area (TPSA) is 402 Å². The Morgan fingerprint density at radius 2 is 1.18 bits per heavy atom. The number of allylic oxidation sites excluding steroid dienone is 2. The zero-order valence-corrected chi connectivity index (χ0v) is 44.7. The summed E-state index contributed by atoms with van der Waals surface area (Å²) < 4.78 is 47.1. The standard InChI is InChI=1S/C51H66N12O17/c1-7-62-30(16-24(3)58-62)46(72)56-50-54-28-18-26(44(52)70)20-32(74-5)36(28)60(50)12-9-10-13-61-37-29(55-51(61)57-47(73)31-17-25(4)59-63(31)8-2)19-27(45(53)71)21-33(37)76-14-11-15-77-43-41(69)42(35(23-65)79-49(43)75-6)80-48-40(68)39(67)38(66)34(22-64)78-48/h9-10,16-21,34-35,38-43,48-49,64-69H,7-8,11-15,22-23H2,1-6H3,(H2,52,70)(H2,53,71)(H,54,56,72)(H,55,57,73)/b10-9+/t34-,35-,38+,39+,40-,41+,42-,43-,48+,49+/m1/s1. The lowest BCUT2D eigenvalue weighted by atomic mass is 9.97. The molecule has 6 heterocycles. The molecule has 6 aromatic rings. The van der Waals surface area contributed by atoms with Crippen molar-refractivity contribution in [2.75, 3.05) is 51.3 Å². The molecule has 29 heteroatoms. The molecule has 8 rings (SSSR count). The van der Waals surface area contributed by atoms with Crippen LogP contribution in [0.1, 0.15) is 73.3 Å². The van der Waals surface area contributed by atoms with E-state index in [1.54, 1.807) is 51.9 Å². The van der Waals surface area contributed by atoms with Crippen LogP contribution in [0.3, 0.4) is 0 Å². The first kappa shape index (κ1) is 58.7. The average Bonchev–Trinajstić information content (AvgIpc) is 4.34. The van der Waals surface area contributed by atoms with Crippen LogP contribution in [0.5, 0.6) is 11.5 Å². The van der Waals surface area contributed by atoms with E-state index in [-0.39, 0.29) is 78.5 Å². The van der Waals surface area contributed by atoms with Gasteiger partial charge in [-0.25, -0.2) is 9.97 Å². The molecule has 2 aliphatic rings. The number of hydrogen-bond acceptors (Lipinski definition) is 21. The second kappa shape index (κ2) is 25.4. The lowest BCUT2D eigenvalue weighted by Gasteiger charge is -2.46. The Hall–Kier alpha value is -7.42. The molecule has 2 saturated heterocycles. The number of carbonyl (C=O) groups is 4. The lowest BCUT2D eigenvalue weighted by Crippen LogP contribution is -2.65. The highest BCUT2D eigenvalue weighted by Crippen LogP contribution is 2.35. The number of aliphatic hydroxyl groups is 6. The van der Waals surface area contributed by atoms with Crippen LogP contribution >= 0.6 is 0 Å². The van der Waals surface area contributed by atoms with Gasteiger partial charge < -0.3 is 84.4 Å². The summed E-state index contributed by atoms with van der Waals surface area (Å²) in [4.78, 5) is 62.4. The minimum absolute atomic E-state index is 0.0129. The third-order valence-electron chi connectivity index (χ3n) is 13.5. The molecule has 432 valence electrons. The molecule has 2 aliphatic heterocycles. The third kappa shape index (κ3) is 12.2. The normalized spacial score (nSPS) is 23.2. The number of aliphatic hydroxyl groups excluding tert-OH is 6. The van der Waals surface area contributed by atoms with Crippen molar-refractivity contribution >= 4 is 57.6 Å². The summed E-state index contributed by atoms with van der Waals surface area (Å²) in [5.41, 5.74) is 14.7. The maximum atomic E-state index is 14.0. The number of anilines is 2. The quantitative estimate of drug-likeness (QED) is 0.0269. The second-order valence-corrected chi connectivity index (χ2v) is 18.8. The van der Waals surface area contributed by atoms with Gasteiger partial charge in [0.15, 0.2) is 12.6 Å². The van der Waals surface area contributed by atoms with E-state index in [2.05, 4.69) is 25.8 Å². The number of rotatable bonds is 24. The molecule has 4 aromatic heterocycles. The Labute approximate surface area is 456 Å². The Morgan fingerprint density at radius 1 is 0.662 bits per heavy atom. The molecule has 29 nitrogen and oxygen atoms in total. The van der Waals surface area contributed by atoms with Crippen molar-refractivity contribution in [1.82, 2.24) is 38.7 Å². The van der Waals surface area contributed by atoms with Crippen molar-refractivity contribution in [3.8, 4) is 11.5 Å². The average molecular weight is 1120 g/mol. The van der Waals surface area contributed by atoms with E-state index in [1.807, 2.05) is 13.8 Å². The van der Waals surface area contributed by atoms with Crippen molar-refractivity contribution in [2.45, 2.75) is 122 Å². The number of imidazole rings is 2. The van der Waals surface area contributed by atoms with Crippen molar-refractivity contribution in [3.05, 3.63) is 82.5 Å². The monoisotopic (exact) mass is 1120 g/mol. The van der Waals surface area contributed by atoms with Crippen LogP contribution in [-0.2, 0) is 49.9 Å². The SMILES string of the molecule is CCn1nc(C)cc1C(=O)Nc1nc2cc(C(N)=O)cc(OC)c2n1C/C=C/Cn1c(NC(=O)c2cc(C)nn2CC)nc2cc(C(N)=O)cc(OCCCO[C@H]3[C@@H](OC)O[C@H](CO)[C@@H](O[C@@H]4O[C@H](CO)[C@H](O)[C@H](O)[C@H]4O)[C@@H]3O)c21. The molecule has 0 unspecified atom stereocenters. The lowest BCUT2D eigenvalue weighted by molar-refractivity contribution is -0.360. The number of methoxy groups -OCH3 is 2. The van der Waals surface area contributed by atoms with E-state index in [0.717, 1.165) is 0 Å². The summed E-state index contributed by atoms with van der Waals surface area (Å²) in [5.74, 6) is -2.02. The van der Waals surface area contributed by atoms with E-state index >= 15 is 0 Å². The van der Waals surface area contributed by atoms with Gasteiger partial charge in [0.25, 0.3) is 11.8 Å². The number of benzene rings is 2. The van der Waals surface area contributed by atoms with Crippen LogP contribution in [0.2, 0.25) is 0 Å². The summed E-state index contributed by atoms with van der Waals surface area (Å²) in [6.07, 6.45) is -11.4. The van der Waals surface area contributed by atoms with Crippen LogP contribution in [-0.4, -0.2) is 195 Å². The molecule has 10 atom stereocenters. The predicted molar refractivity (Wildman–Crippen MR) is 281 cm³/mol. The third-order valence-corrected chi connectivity index (χ3v) is 13.5. The molecule has 2 fully saturated rings. The molecular formula is C51H66N12O17. The molecule has 0 saturated carbocycles. The van der Waals surface area contributed by atoms with Gasteiger partial charge in [0, 0.05) is 50.8 Å². The maximum Gasteiger partial charge on any atom is 0.276 e. The van der Waals surface area contributed by atoms with Crippen molar-refractivity contribution < 1.29 is 83.0 Å². The first-order chi connectivity index (χ1) is 38.3. The smallest absolute Gasteiger partial charge is 0.276 e. The highest BCUT2D eigenvalue weighted by molar-refractivity contribution is 6.05. The number of hydrogen-bond donors (Lipinski definition) is 10. The molecule has 0 aliphatic carbocycles. The van der Waals surface area contributed by atoms with Gasteiger partial charge in [0.1, 0.15) is 82.8 Å². The summed E-state index contributed by atoms with van der Waals surface area (Å²) in [6.45, 7) is 6.48. The van der Waals surface area contributed by atoms with E-state index in [9.17, 15) is 49.8 Å². The van der Waals surface area contributed by atoms with E-state index < -0.39 is 98.3 Å². The van der Waals surface area contributed by atoms with E-state index in [1.165, 1.54) is 43.2 Å². The van der Waals surface area contributed by atoms with Gasteiger partial charge in [0.2, 0.25) is 23.7 Å². The molecule has 0 radical (unpaired) electrons. The number of fused-ring (bicyclic) bond motifs is 2. The Kier molecular flexibility index (Phi) is 18.6. The number of nitrogens with zero attached hydrogens (tertiary/aromatic N) is 8. The summed E-state index contributed by atoms with van der Waals surface area (Å²) in [5, 5.41) is 77.3. The number of nitrogens with one attached hydrogen (secondary N) is 2. The van der Waals surface area contributed by atoms with Gasteiger partial charge in [-0.3, -0.25) is 39.2 Å². The van der Waals surface area contributed by atoms with Gasteiger partial charge in [0.05, 0.1) is 56.0 Å². The fourth-order valence-corrected chi connectivity index (χ4v) is 9.56. The number of primary amides is 2. The van der Waals surface area contributed by atoms with Crippen LogP contribution < -0.4 is 31.6 Å². The number of aryl methyl sites for hydroxylation is 4. The minimum atomic E-state index is -1.82. The number of amides is 4. The number of carbonyl (C=O) groups excluding carboxylic acids is 4. The number of aromatic nitrogens is 8. The van der Waals surface area contributed by atoms with Crippen molar-refractivity contribution in [1.29, 1.82) is 0 Å².